The molecular formula is C30H63NO. The topological polar surface area (TPSA) is 23.5 Å². The third kappa shape index (κ3) is 23.1. The van der Waals surface area contributed by atoms with Crippen molar-refractivity contribution in [1.29, 1.82) is 0 Å². The zero-order valence-corrected chi connectivity index (χ0v) is 22.9. The maximum Gasteiger partial charge on any atom is 0.0558 e. The molecule has 0 aliphatic rings. The molecule has 0 unspecified atom stereocenters. The first kappa shape index (κ1) is 31.9. The van der Waals surface area contributed by atoms with Crippen LogP contribution in [0.1, 0.15) is 162 Å². The summed E-state index contributed by atoms with van der Waals surface area (Å²) in [4.78, 5) is 2.50. The first-order valence-corrected chi connectivity index (χ1v) is 15.1. The van der Waals surface area contributed by atoms with Gasteiger partial charge in [-0.05, 0) is 31.8 Å². The summed E-state index contributed by atoms with van der Waals surface area (Å²) < 4.78 is 0. The lowest BCUT2D eigenvalue weighted by Crippen LogP contribution is -2.29. The van der Waals surface area contributed by atoms with Gasteiger partial charge in [0.15, 0.2) is 0 Å². The Hall–Kier alpha value is -0.0800. The predicted octanol–water partition coefficient (Wildman–Crippen LogP) is 9.54. The van der Waals surface area contributed by atoms with Gasteiger partial charge in [0.1, 0.15) is 0 Å². The molecule has 0 saturated carbocycles. The Morgan fingerprint density at radius 2 is 0.781 bits per heavy atom. The fourth-order valence-corrected chi connectivity index (χ4v) is 5.04. The number of nitrogens with zero attached hydrogens (tertiary/aromatic N) is 1. The highest BCUT2D eigenvalue weighted by atomic mass is 16.3. The van der Waals surface area contributed by atoms with Crippen molar-refractivity contribution in [2.24, 2.45) is 5.92 Å². The molecule has 1 N–H and O–H groups in total. The van der Waals surface area contributed by atoms with Crippen LogP contribution in [0.4, 0.5) is 0 Å². The van der Waals surface area contributed by atoms with Gasteiger partial charge in [-0.15, -0.1) is 0 Å². The van der Waals surface area contributed by atoms with Crippen LogP contribution in [-0.4, -0.2) is 36.2 Å². The molecule has 0 rings (SSSR count). The molecular weight excluding hydrogens is 390 g/mol. The zero-order valence-electron chi connectivity index (χ0n) is 22.9. The second-order valence-corrected chi connectivity index (χ2v) is 10.5. The summed E-state index contributed by atoms with van der Waals surface area (Å²) in [6, 6.07) is 0. The van der Waals surface area contributed by atoms with Crippen molar-refractivity contribution in [3.8, 4) is 0 Å². The van der Waals surface area contributed by atoms with Crippen LogP contribution in [0.3, 0.4) is 0 Å². The van der Waals surface area contributed by atoms with Crippen molar-refractivity contribution < 1.29 is 5.11 Å². The second-order valence-electron chi connectivity index (χ2n) is 10.5. The SMILES string of the molecule is CCCCCCCCN(CCO)CCCCCCCCCC(CCCCC)CCCCC. The smallest absolute Gasteiger partial charge is 0.0558 e. The van der Waals surface area contributed by atoms with Crippen LogP contribution >= 0.6 is 0 Å². The van der Waals surface area contributed by atoms with Crippen LogP contribution in [0.2, 0.25) is 0 Å². The molecule has 0 aromatic heterocycles. The lowest BCUT2D eigenvalue weighted by molar-refractivity contribution is 0.190. The molecule has 0 spiro atoms. The zero-order chi connectivity index (χ0) is 23.5. The molecule has 2 nitrogen and oxygen atoms in total. The van der Waals surface area contributed by atoms with Crippen LogP contribution < -0.4 is 0 Å². The first-order valence-electron chi connectivity index (χ1n) is 15.1. The lowest BCUT2D eigenvalue weighted by Gasteiger charge is -2.21. The summed E-state index contributed by atoms with van der Waals surface area (Å²) in [6.07, 6.45) is 31.0. The van der Waals surface area contributed by atoms with Gasteiger partial charge in [-0.3, -0.25) is 0 Å². The van der Waals surface area contributed by atoms with Crippen molar-refractivity contribution in [2.45, 2.75) is 162 Å². The standard InChI is InChI=1S/C30H63NO/c1-4-7-10-11-16-21-26-31(28-29-32)27-22-17-14-12-13-15-20-25-30(23-18-8-5-2)24-19-9-6-3/h30,32H,4-29H2,1-3H3. The first-order chi connectivity index (χ1) is 15.8. The maximum absolute atomic E-state index is 9.35. The number of hydrogen-bond donors (Lipinski definition) is 1. The fraction of sp³-hybridized carbons (Fsp3) is 1.00. The largest absolute Gasteiger partial charge is 0.395 e. The van der Waals surface area contributed by atoms with E-state index >= 15 is 0 Å². The van der Waals surface area contributed by atoms with E-state index in [4.69, 9.17) is 0 Å². The average molecular weight is 454 g/mol. The van der Waals surface area contributed by atoms with E-state index in [1.165, 1.54) is 154 Å². The predicted molar refractivity (Wildman–Crippen MR) is 146 cm³/mol. The molecule has 0 fully saturated rings. The number of aliphatic hydroxyl groups is 1. The van der Waals surface area contributed by atoms with Crippen molar-refractivity contribution in [2.75, 3.05) is 26.2 Å². The molecule has 194 valence electrons. The highest BCUT2D eigenvalue weighted by Crippen LogP contribution is 2.24. The van der Waals surface area contributed by atoms with E-state index in [9.17, 15) is 5.11 Å². The lowest BCUT2D eigenvalue weighted by atomic mass is 9.90. The molecule has 0 aromatic carbocycles. The Balaban J connectivity index is 3.68. The van der Waals surface area contributed by atoms with E-state index in [1.54, 1.807) is 0 Å². The van der Waals surface area contributed by atoms with Crippen molar-refractivity contribution in [3.05, 3.63) is 0 Å². The van der Waals surface area contributed by atoms with Gasteiger partial charge in [0.05, 0.1) is 6.61 Å². The van der Waals surface area contributed by atoms with Gasteiger partial charge in [-0.25, -0.2) is 0 Å². The van der Waals surface area contributed by atoms with Crippen molar-refractivity contribution in [3.63, 3.8) is 0 Å². The maximum atomic E-state index is 9.35. The Morgan fingerprint density at radius 1 is 0.438 bits per heavy atom. The Morgan fingerprint density at radius 3 is 1.22 bits per heavy atom. The Bertz CT molecular complexity index is 323. The number of rotatable bonds is 27. The quantitative estimate of drug-likeness (QED) is 0.125. The molecule has 0 amide bonds. The van der Waals surface area contributed by atoms with Gasteiger partial charge >= 0.3 is 0 Å². The second kappa shape index (κ2) is 27.2. The van der Waals surface area contributed by atoms with Gasteiger partial charge in [0.2, 0.25) is 0 Å². The van der Waals surface area contributed by atoms with E-state index in [-0.39, 0.29) is 0 Å². The van der Waals surface area contributed by atoms with Gasteiger partial charge in [-0.1, -0.05) is 149 Å². The highest BCUT2D eigenvalue weighted by Gasteiger charge is 2.08. The summed E-state index contributed by atoms with van der Waals surface area (Å²) in [7, 11) is 0. The van der Waals surface area contributed by atoms with Crippen molar-refractivity contribution >= 4 is 0 Å². The molecule has 0 bridgehead atoms. The monoisotopic (exact) mass is 453 g/mol. The molecule has 0 aliphatic carbocycles. The highest BCUT2D eigenvalue weighted by molar-refractivity contribution is 4.62. The van der Waals surface area contributed by atoms with E-state index in [0.717, 1.165) is 12.5 Å². The summed E-state index contributed by atoms with van der Waals surface area (Å²) in [5.41, 5.74) is 0. The molecule has 0 heterocycles. The molecule has 0 aromatic rings. The average Bonchev–Trinajstić information content (AvgIpc) is 2.79. The normalized spacial score (nSPS) is 11.8. The third-order valence-electron chi connectivity index (χ3n) is 7.26. The fourth-order valence-electron chi connectivity index (χ4n) is 5.04. The minimum atomic E-state index is 0.313. The van der Waals surface area contributed by atoms with E-state index in [2.05, 4.69) is 25.7 Å². The molecule has 2 heteroatoms. The van der Waals surface area contributed by atoms with Gasteiger partial charge < -0.3 is 10.0 Å². The molecule has 32 heavy (non-hydrogen) atoms. The summed E-state index contributed by atoms with van der Waals surface area (Å²) in [5, 5.41) is 9.35. The summed E-state index contributed by atoms with van der Waals surface area (Å²) in [5.74, 6) is 1.01. The Labute approximate surface area is 204 Å². The third-order valence-corrected chi connectivity index (χ3v) is 7.26. The van der Waals surface area contributed by atoms with E-state index in [0.29, 0.717) is 6.61 Å². The minimum Gasteiger partial charge on any atom is -0.395 e. The van der Waals surface area contributed by atoms with Gasteiger partial charge in [0, 0.05) is 6.54 Å². The summed E-state index contributed by atoms with van der Waals surface area (Å²) in [6.45, 7) is 10.5. The van der Waals surface area contributed by atoms with E-state index in [1.807, 2.05) is 0 Å². The van der Waals surface area contributed by atoms with Crippen LogP contribution in [0.25, 0.3) is 0 Å². The molecule has 0 atom stereocenters. The van der Waals surface area contributed by atoms with Crippen LogP contribution in [0, 0.1) is 5.92 Å². The van der Waals surface area contributed by atoms with Crippen LogP contribution in [-0.2, 0) is 0 Å². The van der Waals surface area contributed by atoms with Crippen LogP contribution in [0.15, 0.2) is 0 Å². The minimum absolute atomic E-state index is 0.313. The van der Waals surface area contributed by atoms with Crippen molar-refractivity contribution in [1.82, 2.24) is 4.90 Å². The molecule has 0 radical (unpaired) electrons. The van der Waals surface area contributed by atoms with Gasteiger partial charge in [-0.2, -0.15) is 0 Å². The molecule has 0 saturated heterocycles. The number of hydrogen-bond acceptors (Lipinski definition) is 2. The number of unbranched alkanes of at least 4 members (excludes halogenated alkanes) is 15. The summed E-state index contributed by atoms with van der Waals surface area (Å²) >= 11 is 0. The van der Waals surface area contributed by atoms with E-state index < -0.39 is 0 Å². The van der Waals surface area contributed by atoms with Gasteiger partial charge in [0.25, 0.3) is 0 Å². The Kier molecular flexibility index (Phi) is 27.1. The number of aliphatic hydroxyl groups excluding tert-OH is 1. The molecule has 0 aliphatic heterocycles. The van der Waals surface area contributed by atoms with Crippen LogP contribution in [0.5, 0.6) is 0 Å².